The topological polar surface area (TPSA) is 86.9 Å². The number of hydrogen-bond donors (Lipinski definition) is 3. The molecule has 2 aromatic carbocycles. The normalized spacial score (nSPS) is 10.3. The number of H-pyrrole nitrogens is 1. The molecule has 6 heteroatoms. The quantitative estimate of drug-likeness (QED) is 0.613. The van der Waals surface area contributed by atoms with Gasteiger partial charge in [-0.25, -0.2) is 0 Å². The maximum Gasteiger partial charge on any atom is 0.251 e. The molecule has 0 bridgehead atoms. The van der Waals surface area contributed by atoms with Crippen LogP contribution in [0.1, 0.15) is 21.6 Å². The van der Waals surface area contributed by atoms with Crippen LogP contribution in [0.5, 0.6) is 0 Å². The highest BCUT2D eigenvalue weighted by Crippen LogP contribution is 2.09. The maximum absolute atomic E-state index is 12.0. The number of nitrogens with one attached hydrogen (secondary N) is 3. The summed E-state index contributed by atoms with van der Waals surface area (Å²) in [4.78, 5) is 23.9. The molecule has 0 unspecified atom stereocenters. The van der Waals surface area contributed by atoms with E-state index in [1.807, 2.05) is 24.3 Å². The predicted octanol–water partition coefficient (Wildman–Crippen LogP) is 2.56. The molecule has 1 heterocycles. The lowest BCUT2D eigenvalue weighted by atomic mass is 10.1. The highest BCUT2D eigenvalue weighted by atomic mass is 16.2. The Bertz CT molecular complexity index is 860. The van der Waals surface area contributed by atoms with Crippen molar-refractivity contribution in [1.29, 1.82) is 0 Å². The van der Waals surface area contributed by atoms with Gasteiger partial charge in [0.25, 0.3) is 5.91 Å². The molecule has 1 aromatic heterocycles. The maximum atomic E-state index is 12.0. The van der Waals surface area contributed by atoms with Gasteiger partial charge in [0.15, 0.2) is 5.82 Å². The number of anilines is 1. The number of carbonyl (C=O) groups is 2. The summed E-state index contributed by atoms with van der Waals surface area (Å²) in [6, 6.07) is 20.7. The lowest BCUT2D eigenvalue weighted by Crippen LogP contribution is -2.32. The molecule has 26 heavy (non-hydrogen) atoms. The molecule has 0 aliphatic heterocycles. The Morgan fingerprint density at radius 1 is 0.923 bits per heavy atom. The standard InChI is InChI=1S/C20H20N4O2/c25-19(14-21-20(26)16-9-5-2-6-10-16)22-18-13-17(23-24-18)12-11-15-7-3-1-4-8-15/h1-10,13H,11-12,14H2,(H,21,26)(H2,22,23,24,25). The first-order valence-corrected chi connectivity index (χ1v) is 8.42. The van der Waals surface area contributed by atoms with Gasteiger partial charge in [0.05, 0.1) is 6.54 Å². The molecule has 0 atom stereocenters. The van der Waals surface area contributed by atoms with Crippen molar-refractivity contribution in [3.63, 3.8) is 0 Å². The van der Waals surface area contributed by atoms with E-state index in [0.717, 1.165) is 18.5 Å². The first-order valence-electron chi connectivity index (χ1n) is 8.42. The van der Waals surface area contributed by atoms with Gasteiger partial charge < -0.3 is 10.6 Å². The number of hydrogen-bond acceptors (Lipinski definition) is 3. The largest absolute Gasteiger partial charge is 0.343 e. The molecule has 6 nitrogen and oxygen atoms in total. The molecule has 0 saturated heterocycles. The average molecular weight is 348 g/mol. The van der Waals surface area contributed by atoms with Crippen molar-refractivity contribution in [2.45, 2.75) is 12.8 Å². The van der Waals surface area contributed by atoms with Crippen molar-refractivity contribution < 1.29 is 9.59 Å². The number of aromatic nitrogens is 2. The molecule has 132 valence electrons. The Labute approximate surface area is 151 Å². The summed E-state index contributed by atoms with van der Waals surface area (Å²) in [6.07, 6.45) is 1.70. The SMILES string of the molecule is O=C(CNC(=O)c1ccccc1)Nc1cc(CCc2ccccc2)[nH]n1. The zero-order valence-corrected chi connectivity index (χ0v) is 14.2. The first kappa shape index (κ1) is 17.4. The van der Waals surface area contributed by atoms with E-state index in [4.69, 9.17) is 0 Å². The highest BCUT2D eigenvalue weighted by molar-refractivity contribution is 5.98. The Morgan fingerprint density at radius 3 is 2.35 bits per heavy atom. The van der Waals surface area contributed by atoms with E-state index in [1.165, 1.54) is 5.56 Å². The van der Waals surface area contributed by atoms with E-state index < -0.39 is 0 Å². The number of rotatable bonds is 7. The van der Waals surface area contributed by atoms with Crippen LogP contribution in [-0.2, 0) is 17.6 Å². The predicted molar refractivity (Wildman–Crippen MR) is 99.8 cm³/mol. The number of carbonyl (C=O) groups excluding carboxylic acids is 2. The minimum atomic E-state index is -0.324. The molecule has 0 aliphatic carbocycles. The van der Waals surface area contributed by atoms with Crippen molar-refractivity contribution in [2.24, 2.45) is 0 Å². The Hall–Kier alpha value is -3.41. The van der Waals surface area contributed by atoms with Crippen LogP contribution in [0.25, 0.3) is 0 Å². The van der Waals surface area contributed by atoms with E-state index in [0.29, 0.717) is 11.4 Å². The molecular weight excluding hydrogens is 328 g/mol. The first-order chi connectivity index (χ1) is 12.7. The van der Waals surface area contributed by atoms with Gasteiger partial charge in [0.2, 0.25) is 5.91 Å². The summed E-state index contributed by atoms with van der Waals surface area (Å²) in [6.45, 7) is -0.111. The fourth-order valence-electron chi connectivity index (χ4n) is 2.52. The summed E-state index contributed by atoms with van der Waals surface area (Å²) in [7, 11) is 0. The fourth-order valence-corrected chi connectivity index (χ4v) is 2.52. The van der Waals surface area contributed by atoms with Gasteiger partial charge in [0.1, 0.15) is 0 Å². The summed E-state index contributed by atoms with van der Waals surface area (Å²) in [5, 5.41) is 12.3. The third-order valence-electron chi connectivity index (χ3n) is 3.87. The van der Waals surface area contributed by atoms with E-state index in [9.17, 15) is 9.59 Å². The highest BCUT2D eigenvalue weighted by Gasteiger charge is 2.09. The van der Waals surface area contributed by atoms with Crippen molar-refractivity contribution in [3.8, 4) is 0 Å². The second-order valence-corrected chi connectivity index (χ2v) is 5.86. The number of amides is 2. The van der Waals surface area contributed by atoms with Gasteiger partial charge in [0, 0.05) is 17.3 Å². The third kappa shape index (κ3) is 5.04. The van der Waals surface area contributed by atoms with E-state index >= 15 is 0 Å². The average Bonchev–Trinajstić information content (AvgIpc) is 3.13. The smallest absolute Gasteiger partial charge is 0.251 e. The van der Waals surface area contributed by atoms with Crippen molar-refractivity contribution in [2.75, 3.05) is 11.9 Å². The Kier molecular flexibility index (Phi) is 5.77. The second-order valence-electron chi connectivity index (χ2n) is 5.86. The number of aromatic amines is 1. The van der Waals surface area contributed by atoms with E-state index in [2.05, 4.69) is 33.0 Å². The molecule has 3 rings (SSSR count). The minimum absolute atomic E-state index is 0.111. The lowest BCUT2D eigenvalue weighted by Gasteiger charge is -2.04. The van der Waals surface area contributed by atoms with Gasteiger partial charge in [-0.05, 0) is 30.5 Å². The minimum Gasteiger partial charge on any atom is -0.343 e. The van der Waals surface area contributed by atoms with Crippen LogP contribution in [0.15, 0.2) is 66.7 Å². The zero-order valence-electron chi connectivity index (χ0n) is 14.2. The summed E-state index contributed by atoms with van der Waals surface area (Å²) in [5.41, 5.74) is 2.71. The summed E-state index contributed by atoms with van der Waals surface area (Å²) < 4.78 is 0. The van der Waals surface area contributed by atoms with Crippen LogP contribution in [0.3, 0.4) is 0 Å². The van der Waals surface area contributed by atoms with E-state index in [-0.39, 0.29) is 18.4 Å². The second kappa shape index (κ2) is 8.62. The van der Waals surface area contributed by atoms with Crippen LogP contribution < -0.4 is 10.6 Å². The fraction of sp³-hybridized carbons (Fsp3) is 0.150. The van der Waals surface area contributed by atoms with Crippen molar-refractivity contribution in [1.82, 2.24) is 15.5 Å². The molecule has 3 aromatic rings. The number of benzene rings is 2. The van der Waals surface area contributed by atoms with Gasteiger partial charge in [-0.2, -0.15) is 5.10 Å². The Morgan fingerprint density at radius 2 is 1.62 bits per heavy atom. The Balaban J connectivity index is 1.44. The summed E-state index contributed by atoms with van der Waals surface area (Å²) in [5.74, 6) is -0.159. The van der Waals surface area contributed by atoms with Gasteiger partial charge in [-0.1, -0.05) is 48.5 Å². The van der Waals surface area contributed by atoms with Gasteiger partial charge >= 0.3 is 0 Å². The molecule has 0 saturated carbocycles. The van der Waals surface area contributed by atoms with Crippen LogP contribution in [-0.4, -0.2) is 28.6 Å². The molecule has 0 aliphatic rings. The number of aryl methyl sites for hydroxylation is 2. The lowest BCUT2D eigenvalue weighted by molar-refractivity contribution is -0.115. The van der Waals surface area contributed by atoms with Gasteiger partial charge in [-0.3, -0.25) is 14.7 Å². The van der Waals surface area contributed by atoms with Crippen molar-refractivity contribution in [3.05, 3.63) is 83.6 Å². The molecule has 0 spiro atoms. The third-order valence-corrected chi connectivity index (χ3v) is 3.87. The van der Waals surface area contributed by atoms with Crippen LogP contribution in [0.2, 0.25) is 0 Å². The van der Waals surface area contributed by atoms with Crippen LogP contribution in [0, 0.1) is 0 Å². The molecule has 0 fully saturated rings. The molecule has 2 amide bonds. The zero-order chi connectivity index (χ0) is 18.2. The van der Waals surface area contributed by atoms with Crippen LogP contribution in [0.4, 0.5) is 5.82 Å². The molecule has 3 N–H and O–H groups in total. The van der Waals surface area contributed by atoms with E-state index in [1.54, 1.807) is 30.3 Å². The van der Waals surface area contributed by atoms with Gasteiger partial charge in [-0.15, -0.1) is 0 Å². The molecular formula is C20H20N4O2. The van der Waals surface area contributed by atoms with Crippen molar-refractivity contribution >= 4 is 17.6 Å². The van der Waals surface area contributed by atoms with Crippen LogP contribution >= 0.6 is 0 Å². The molecule has 0 radical (unpaired) electrons. The number of nitrogens with zero attached hydrogens (tertiary/aromatic N) is 1. The monoisotopic (exact) mass is 348 g/mol. The summed E-state index contributed by atoms with van der Waals surface area (Å²) >= 11 is 0.